The summed E-state index contributed by atoms with van der Waals surface area (Å²) >= 11 is 0. The van der Waals surface area contributed by atoms with Crippen LogP contribution in [0.5, 0.6) is 11.5 Å². The second kappa shape index (κ2) is 13.0. The second-order valence-electron chi connectivity index (χ2n) is 9.96. The van der Waals surface area contributed by atoms with Crippen molar-refractivity contribution in [1.29, 1.82) is 0 Å². The topological polar surface area (TPSA) is 153 Å². The van der Waals surface area contributed by atoms with E-state index in [-0.39, 0.29) is 36.3 Å². The van der Waals surface area contributed by atoms with Crippen molar-refractivity contribution in [3.8, 4) is 11.5 Å². The van der Waals surface area contributed by atoms with Crippen LogP contribution in [0.3, 0.4) is 0 Å². The van der Waals surface area contributed by atoms with Crippen LogP contribution >= 0.6 is 0 Å². The molecular formula is C31H35NO7. The standard InChI is InChI=1S/C31H35NO7/c32-18-29(37)22-11-15-30(28(36)16-22)39-31(38)21-9-6-19(7-10-21)8-12-23-24(27(35)17-26(23)34)13-14-25(33)20-4-2-1-3-5-20/h1-7,9-11,13-16,23-27,29,33-37H,8,12,17-18,32H2/b14-13+/t23-,24-,25?,26?,27?,29?/m1/s1. The van der Waals surface area contributed by atoms with Crippen molar-refractivity contribution in [3.05, 3.63) is 107 Å². The number of phenols is 1. The van der Waals surface area contributed by atoms with Gasteiger partial charge in [-0.05, 0) is 59.7 Å². The third-order valence-corrected chi connectivity index (χ3v) is 7.32. The van der Waals surface area contributed by atoms with Gasteiger partial charge in [-0.2, -0.15) is 0 Å². The number of carbonyl (C=O) groups is 1. The van der Waals surface area contributed by atoms with Crippen LogP contribution in [0, 0.1) is 11.8 Å². The van der Waals surface area contributed by atoms with E-state index in [4.69, 9.17) is 10.5 Å². The second-order valence-corrected chi connectivity index (χ2v) is 9.96. The van der Waals surface area contributed by atoms with Crippen molar-refractivity contribution in [3.63, 3.8) is 0 Å². The molecule has 0 saturated heterocycles. The zero-order valence-corrected chi connectivity index (χ0v) is 21.5. The summed E-state index contributed by atoms with van der Waals surface area (Å²) < 4.78 is 5.31. The molecule has 4 rings (SSSR count). The molecule has 1 fully saturated rings. The SMILES string of the molecule is NCC(O)c1ccc(OC(=O)c2ccc(CC[C@H]3C(O)CC(O)[C@@H]3/C=C/C(O)c3ccccc3)cc2)c(O)c1. The van der Waals surface area contributed by atoms with Crippen molar-refractivity contribution in [2.45, 2.75) is 43.7 Å². The number of aliphatic hydroxyl groups excluding tert-OH is 4. The summed E-state index contributed by atoms with van der Waals surface area (Å²) in [5, 5.41) is 51.5. The number of carbonyl (C=O) groups excluding carboxylic acids is 1. The first kappa shape index (κ1) is 28.5. The summed E-state index contributed by atoms with van der Waals surface area (Å²) in [7, 11) is 0. The van der Waals surface area contributed by atoms with Gasteiger partial charge in [0.15, 0.2) is 11.5 Å². The van der Waals surface area contributed by atoms with E-state index in [0.717, 1.165) is 11.1 Å². The molecule has 6 atom stereocenters. The Morgan fingerprint density at radius 1 is 0.974 bits per heavy atom. The minimum atomic E-state index is -0.922. The smallest absolute Gasteiger partial charge is 0.343 e. The lowest BCUT2D eigenvalue weighted by Crippen LogP contribution is -2.21. The third-order valence-electron chi connectivity index (χ3n) is 7.32. The number of hydrogen-bond acceptors (Lipinski definition) is 8. The highest BCUT2D eigenvalue weighted by atomic mass is 16.5. The number of aliphatic hydroxyl groups is 4. The van der Waals surface area contributed by atoms with Crippen LogP contribution in [-0.2, 0) is 6.42 Å². The Morgan fingerprint density at radius 2 is 1.69 bits per heavy atom. The molecule has 0 radical (unpaired) electrons. The Hall–Kier alpha value is -3.53. The fourth-order valence-electron chi connectivity index (χ4n) is 5.04. The number of rotatable bonds is 10. The molecule has 0 aromatic heterocycles. The van der Waals surface area contributed by atoms with E-state index >= 15 is 0 Å². The fourth-order valence-corrected chi connectivity index (χ4v) is 5.04. The average Bonchev–Trinajstić information content (AvgIpc) is 3.23. The molecule has 0 heterocycles. The molecule has 8 nitrogen and oxygen atoms in total. The number of phenolic OH excluding ortho intramolecular Hbond substituents is 1. The molecule has 39 heavy (non-hydrogen) atoms. The maximum absolute atomic E-state index is 12.6. The number of nitrogens with two attached hydrogens (primary N) is 1. The van der Waals surface area contributed by atoms with E-state index in [1.165, 1.54) is 18.2 Å². The molecule has 0 aliphatic heterocycles. The minimum Gasteiger partial charge on any atom is -0.504 e. The van der Waals surface area contributed by atoms with Crippen LogP contribution in [0.4, 0.5) is 0 Å². The van der Waals surface area contributed by atoms with Gasteiger partial charge in [-0.25, -0.2) is 4.79 Å². The summed E-state index contributed by atoms with van der Waals surface area (Å²) in [4.78, 5) is 12.6. The Morgan fingerprint density at radius 3 is 2.36 bits per heavy atom. The van der Waals surface area contributed by atoms with Gasteiger partial charge in [0.2, 0.25) is 0 Å². The van der Waals surface area contributed by atoms with Crippen LogP contribution in [0.25, 0.3) is 0 Å². The average molecular weight is 534 g/mol. The highest BCUT2D eigenvalue weighted by molar-refractivity contribution is 5.91. The molecule has 206 valence electrons. The molecule has 0 bridgehead atoms. The van der Waals surface area contributed by atoms with Crippen molar-refractivity contribution < 1.29 is 35.1 Å². The molecule has 0 amide bonds. The number of hydrogen-bond donors (Lipinski definition) is 6. The molecule has 1 aliphatic rings. The monoisotopic (exact) mass is 533 g/mol. The maximum Gasteiger partial charge on any atom is 0.343 e. The number of aryl methyl sites for hydroxylation is 1. The molecule has 4 unspecified atom stereocenters. The molecule has 8 heteroatoms. The van der Waals surface area contributed by atoms with E-state index < -0.39 is 30.4 Å². The van der Waals surface area contributed by atoms with Crippen LogP contribution in [0.2, 0.25) is 0 Å². The van der Waals surface area contributed by atoms with Crippen LogP contribution < -0.4 is 10.5 Å². The van der Waals surface area contributed by atoms with E-state index in [0.29, 0.717) is 24.0 Å². The summed E-state index contributed by atoms with van der Waals surface area (Å²) in [5.41, 5.74) is 7.86. The molecule has 0 spiro atoms. The zero-order chi connectivity index (χ0) is 27.9. The van der Waals surface area contributed by atoms with Crippen molar-refractivity contribution in [1.82, 2.24) is 0 Å². The minimum absolute atomic E-state index is 0.0000468. The number of aromatic hydroxyl groups is 1. The van der Waals surface area contributed by atoms with Gasteiger partial charge < -0.3 is 36.0 Å². The van der Waals surface area contributed by atoms with Gasteiger partial charge in [-0.15, -0.1) is 0 Å². The van der Waals surface area contributed by atoms with Gasteiger partial charge in [-0.3, -0.25) is 0 Å². The third kappa shape index (κ3) is 7.11. The van der Waals surface area contributed by atoms with Crippen molar-refractivity contribution in [2.75, 3.05) is 6.54 Å². The quantitative estimate of drug-likeness (QED) is 0.132. The van der Waals surface area contributed by atoms with E-state index in [1.54, 1.807) is 36.4 Å². The van der Waals surface area contributed by atoms with Gasteiger partial charge in [0.05, 0.1) is 30.0 Å². The first-order valence-electron chi connectivity index (χ1n) is 13.1. The molecule has 3 aromatic rings. The molecular weight excluding hydrogens is 498 g/mol. The van der Waals surface area contributed by atoms with Crippen LogP contribution in [0.1, 0.15) is 52.1 Å². The maximum atomic E-state index is 12.6. The lowest BCUT2D eigenvalue weighted by atomic mass is 9.87. The number of ether oxygens (including phenoxy) is 1. The molecule has 3 aromatic carbocycles. The Bertz CT molecular complexity index is 1260. The Kier molecular flexibility index (Phi) is 9.50. The lowest BCUT2D eigenvalue weighted by molar-refractivity contribution is 0.0729. The van der Waals surface area contributed by atoms with Gasteiger partial charge in [-0.1, -0.05) is 60.7 Å². The van der Waals surface area contributed by atoms with Crippen LogP contribution in [-0.4, -0.2) is 50.3 Å². The Balaban J connectivity index is 1.35. The number of benzene rings is 3. The highest BCUT2D eigenvalue weighted by Gasteiger charge is 2.39. The summed E-state index contributed by atoms with van der Waals surface area (Å²) in [6.45, 7) is -0.0000468. The van der Waals surface area contributed by atoms with Gasteiger partial charge >= 0.3 is 5.97 Å². The van der Waals surface area contributed by atoms with Gasteiger partial charge in [0.25, 0.3) is 0 Å². The zero-order valence-electron chi connectivity index (χ0n) is 21.5. The van der Waals surface area contributed by atoms with E-state index in [2.05, 4.69) is 0 Å². The predicted octanol–water partition coefficient (Wildman–Crippen LogP) is 3.18. The van der Waals surface area contributed by atoms with Crippen LogP contribution in [0.15, 0.2) is 84.9 Å². The van der Waals surface area contributed by atoms with Gasteiger partial charge in [0, 0.05) is 18.9 Å². The summed E-state index contributed by atoms with van der Waals surface area (Å²) in [6, 6.07) is 20.4. The predicted molar refractivity (Wildman–Crippen MR) is 146 cm³/mol. The molecule has 1 saturated carbocycles. The fraction of sp³-hybridized carbons (Fsp3) is 0.323. The van der Waals surface area contributed by atoms with E-state index in [1.807, 2.05) is 30.3 Å². The normalized spacial score (nSPS) is 22.6. The highest BCUT2D eigenvalue weighted by Crippen LogP contribution is 2.37. The molecule has 7 N–H and O–H groups in total. The lowest BCUT2D eigenvalue weighted by Gasteiger charge is -2.21. The van der Waals surface area contributed by atoms with Gasteiger partial charge in [0.1, 0.15) is 0 Å². The largest absolute Gasteiger partial charge is 0.504 e. The summed E-state index contributed by atoms with van der Waals surface area (Å²) in [6.07, 6.45) is 1.95. The number of esters is 1. The molecule has 1 aliphatic carbocycles. The van der Waals surface area contributed by atoms with E-state index in [9.17, 15) is 30.3 Å². The van der Waals surface area contributed by atoms with Crippen molar-refractivity contribution in [2.24, 2.45) is 17.6 Å². The Labute approximate surface area is 227 Å². The first-order chi connectivity index (χ1) is 18.8. The van der Waals surface area contributed by atoms with Crippen molar-refractivity contribution >= 4 is 5.97 Å². The first-order valence-corrected chi connectivity index (χ1v) is 13.1. The summed E-state index contributed by atoms with van der Waals surface area (Å²) in [5.74, 6) is -1.39.